The Morgan fingerprint density at radius 3 is 2.33 bits per heavy atom. The van der Waals surface area contributed by atoms with Gasteiger partial charge in [0.05, 0.1) is 17.0 Å². The molecule has 1 aliphatic rings. The number of para-hydroxylation sites is 1. The summed E-state index contributed by atoms with van der Waals surface area (Å²) in [5.74, 6) is -0.0867. The SMILES string of the molecule is O=C1c2oc3ccccc3c(=O)c2[C@H](c2ccc(Br)cc2)N1CCc1ccccc1. The number of amides is 1. The zero-order valence-electron chi connectivity index (χ0n) is 16.0. The lowest BCUT2D eigenvalue weighted by Gasteiger charge is -2.25. The molecule has 5 heteroatoms. The summed E-state index contributed by atoms with van der Waals surface area (Å²) in [6, 6.07) is 24.4. The van der Waals surface area contributed by atoms with Gasteiger partial charge >= 0.3 is 0 Å². The third-order valence-corrected chi connectivity index (χ3v) is 6.07. The molecule has 1 aromatic heterocycles. The molecule has 1 atom stereocenters. The van der Waals surface area contributed by atoms with E-state index < -0.39 is 6.04 Å². The van der Waals surface area contributed by atoms with Crippen molar-refractivity contribution in [2.45, 2.75) is 12.5 Å². The smallest absolute Gasteiger partial charge is 0.290 e. The molecule has 30 heavy (non-hydrogen) atoms. The van der Waals surface area contributed by atoms with E-state index >= 15 is 0 Å². The lowest BCUT2D eigenvalue weighted by Crippen LogP contribution is -2.31. The Morgan fingerprint density at radius 1 is 0.867 bits per heavy atom. The minimum atomic E-state index is -0.467. The normalized spacial score (nSPS) is 15.6. The van der Waals surface area contributed by atoms with Gasteiger partial charge in [0.1, 0.15) is 5.58 Å². The molecule has 2 heterocycles. The number of rotatable bonds is 4. The third-order valence-electron chi connectivity index (χ3n) is 5.54. The summed E-state index contributed by atoms with van der Waals surface area (Å²) in [6.07, 6.45) is 0.696. The average Bonchev–Trinajstić information content (AvgIpc) is 3.06. The molecule has 0 fully saturated rings. The number of carbonyl (C=O) groups is 1. The number of hydrogen-bond acceptors (Lipinski definition) is 3. The molecule has 5 rings (SSSR count). The molecule has 0 aliphatic carbocycles. The number of hydrogen-bond donors (Lipinski definition) is 0. The van der Waals surface area contributed by atoms with Gasteiger partial charge in [-0.2, -0.15) is 0 Å². The molecule has 0 saturated heterocycles. The van der Waals surface area contributed by atoms with Crippen LogP contribution in [0.1, 0.15) is 33.3 Å². The van der Waals surface area contributed by atoms with E-state index in [4.69, 9.17) is 4.42 Å². The fraction of sp³-hybridized carbons (Fsp3) is 0.120. The van der Waals surface area contributed by atoms with Crippen LogP contribution in [-0.2, 0) is 6.42 Å². The zero-order valence-corrected chi connectivity index (χ0v) is 17.6. The third kappa shape index (κ3) is 3.15. The maximum Gasteiger partial charge on any atom is 0.290 e. The molecule has 0 spiro atoms. The number of benzene rings is 3. The van der Waals surface area contributed by atoms with Gasteiger partial charge in [0.2, 0.25) is 5.76 Å². The zero-order chi connectivity index (χ0) is 20.7. The molecule has 148 valence electrons. The highest BCUT2D eigenvalue weighted by molar-refractivity contribution is 9.10. The molecule has 1 amide bonds. The van der Waals surface area contributed by atoms with Gasteiger partial charge in [0.15, 0.2) is 5.43 Å². The van der Waals surface area contributed by atoms with E-state index in [-0.39, 0.29) is 17.1 Å². The standard InChI is InChI=1S/C25H18BrNO3/c26-18-12-10-17(11-13-18)22-21-23(28)19-8-4-5-9-20(19)30-24(21)25(29)27(22)15-14-16-6-2-1-3-7-16/h1-13,22H,14-15H2/t22-/m0/s1. The van der Waals surface area contributed by atoms with E-state index in [2.05, 4.69) is 15.9 Å². The number of carbonyl (C=O) groups excluding carboxylic acids is 1. The van der Waals surface area contributed by atoms with E-state index in [0.29, 0.717) is 29.5 Å². The van der Waals surface area contributed by atoms with E-state index in [0.717, 1.165) is 15.6 Å². The van der Waals surface area contributed by atoms with Crippen molar-refractivity contribution in [3.05, 3.63) is 116 Å². The highest BCUT2D eigenvalue weighted by Gasteiger charge is 2.42. The highest BCUT2D eigenvalue weighted by Crippen LogP contribution is 2.38. The summed E-state index contributed by atoms with van der Waals surface area (Å²) in [5.41, 5.74) is 2.75. The van der Waals surface area contributed by atoms with Gasteiger partial charge < -0.3 is 9.32 Å². The molecule has 0 bridgehead atoms. The number of halogens is 1. The first kappa shape index (κ1) is 18.8. The second-order valence-corrected chi connectivity index (χ2v) is 8.27. The predicted octanol–water partition coefficient (Wildman–Crippen LogP) is 5.34. The average molecular weight is 460 g/mol. The van der Waals surface area contributed by atoms with Gasteiger partial charge in [-0.05, 0) is 41.8 Å². The summed E-state index contributed by atoms with van der Waals surface area (Å²) in [7, 11) is 0. The molecule has 0 unspecified atom stereocenters. The molecular weight excluding hydrogens is 442 g/mol. The van der Waals surface area contributed by atoms with E-state index in [1.165, 1.54) is 0 Å². The van der Waals surface area contributed by atoms with Crippen LogP contribution in [0.4, 0.5) is 0 Å². The maximum atomic E-state index is 13.4. The van der Waals surface area contributed by atoms with Crippen LogP contribution in [-0.4, -0.2) is 17.4 Å². The predicted molar refractivity (Wildman–Crippen MR) is 120 cm³/mol. The number of nitrogens with zero attached hydrogens (tertiary/aromatic N) is 1. The Kier molecular flexibility index (Phi) is 4.75. The number of fused-ring (bicyclic) bond motifs is 2. The van der Waals surface area contributed by atoms with Crippen molar-refractivity contribution in [2.75, 3.05) is 6.54 Å². The van der Waals surface area contributed by atoms with E-state index in [9.17, 15) is 9.59 Å². The second kappa shape index (κ2) is 7.58. The minimum Gasteiger partial charge on any atom is -0.450 e. The van der Waals surface area contributed by atoms with Gasteiger partial charge in [-0.3, -0.25) is 9.59 Å². The summed E-state index contributed by atoms with van der Waals surface area (Å²) >= 11 is 3.46. The Morgan fingerprint density at radius 2 is 1.57 bits per heavy atom. The molecular formula is C25H18BrNO3. The first-order valence-electron chi connectivity index (χ1n) is 9.79. The van der Waals surface area contributed by atoms with Crippen LogP contribution in [0.15, 0.2) is 92.5 Å². The lowest BCUT2D eigenvalue weighted by molar-refractivity contribution is 0.0730. The molecule has 0 radical (unpaired) electrons. The first-order chi connectivity index (χ1) is 14.6. The first-order valence-corrected chi connectivity index (χ1v) is 10.6. The quantitative estimate of drug-likeness (QED) is 0.413. The van der Waals surface area contributed by atoms with Gasteiger partial charge in [-0.15, -0.1) is 0 Å². The van der Waals surface area contributed by atoms with Crippen molar-refractivity contribution < 1.29 is 9.21 Å². The summed E-state index contributed by atoms with van der Waals surface area (Å²) in [6.45, 7) is 0.490. The van der Waals surface area contributed by atoms with Crippen molar-refractivity contribution in [2.24, 2.45) is 0 Å². The van der Waals surface area contributed by atoms with Crippen molar-refractivity contribution >= 4 is 32.8 Å². The second-order valence-electron chi connectivity index (χ2n) is 7.36. The Balaban J connectivity index is 1.64. The van der Waals surface area contributed by atoms with Crippen molar-refractivity contribution in [3.63, 3.8) is 0 Å². The fourth-order valence-electron chi connectivity index (χ4n) is 4.08. The van der Waals surface area contributed by atoms with Crippen molar-refractivity contribution in [1.82, 2.24) is 4.90 Å². The molecule has 1 aliphatic heterocycles. The van der Waals surface area contributed by atoms with Gasteiger partial charge in [-0.25, -0.2) is 0 Å². The molecule has 0 N–H and O–H groups in total. The van der Waals surface area contributed by atoms with Crippen LogP contribution in [0.25, 0.3) is 11.0 Å². The Labute approximate surface area is 181 Å². The largest absolute Gasteiger partial charge is 0.450 e. The molecule has 4 nitrogen and oxygen atoms in total. The van der Waals surface area contributed by atoms with Crippen LogP contribution in [0.2, 0.25) is 0 Å². The molecule has 4 aromatic rings. The van der Waals surface area contributed by atoms with E-state index in [1.807, 2.05) is 60.7 Å². The lowest BCUT2D eigenvalue weighted by atomic mass is 9.98. The maximum absolute atomic E-state index is 13.4. The van der Waals surface area contributed by atoms with Crippen LogP contribution in [0.5, 0.6) is 0 Å². The molecule has 3 aromatic carbocycles. The van der Waals surface area contributed by atoms with Crippen LogP contribution in [0.3, 0.4) is 0 Å². The summed E-state index contributed by atoms with van der Waals surface area (Å²) in [4.78, 5) is 28.5. The van der Waals surface area contributed by atoms with Crippen molar-refractivity contribution in [1.29, 1.82) is 0 Å². The molecule has 0 saturated carbocycles. The van der Waals surface area contributed by atoms with Gasteiger partial charge in [-0.1, -0.05) is 70.5 Å². The van der Waals surface area contributed by atoms with Crippen LogP contribution >= 0.6 is 15.9 Å². The highest BCUT2D eigenvalue weighted by atomic mass is 79.9. The summed E-state index contributed by atoms with van der Waals surface area (Å²) < 4.78 is 6.90. The van der Waals surface area contributed by atoms with Crippen molar-refractivity contribution in [3.8, 4) is 0 Å². The fourth-order valence-corrected chi connectivity index (χ4v) is 4.35. The summed E-state index contributed by atoms with van der Waals surface area (Å²) in [5, 5.41) is 0.496. The van der Waals surface area contributed by atoms with Gasteiger partial charge in [0, 0.05) is 11.0 Å². The Bertz CT molecular complexity index is 1300. The Hall–Kier alpha value is -3.18. The monoisotopic (exact) mass is 459 g/mol. The van der Waals surface area contributed by atoms with Crippen LogP contribution in [0, 0.1) is 0 Å². The van der Waals surface area contributed by atoms with Crippen LogP contribution < -0.4 is 5.43 Å². The minimum absolute atomic E-state index is 0.143. The topological polar surface area (TPSA) is 50.5 Å². The van der Waals surface area contributed by atoms with Gasteiger partial charge in [0.25, 0.3) is 5.91 Å². The van der Waals surface area contributed by atoms with E-state index in [1.54, 1.807) is 23.1 Å².